The molecule has 6 rings (SSSR count). The third kappa shape index (κ3) is 11.0. The molecule has 240 valence electrons. The van der Waals surface area contributed by atoms with E-state index < -0.39 is 0 Å². The second-order valence-corrected chi connectivity index (χ2v) is 12.5. The molecule has 0 radical (unpaired) electrons. The summed E-state index contributed by atoms with van der Waals surface area (Å²) in [6.07, 6.45) is 0. The summed E-state index contributed by atoms with van der Waals surface area (Å²) in [4.78, 5) is 4.97. The first-order valence-electron chi connectivity index (χ1n) is 15.6. The van der Waals surface area contributed by atoms with Gasteiger partial charge in [-0.2, -0.15) is 49.2 Å². The van der Waals surface area contributed by atoms with Crippen LogP contribution in [0.5, 0.6) is 5.75 Å². The Morgan fingerprint density at radius 3 is 1.53 bits per heavy atom. The van der Waals surface area contributed by atoms with Crippen LogP contribution >= 0.6 is 11.3 Å². The zero-order valence-corrected chi connectivity index (χ0v) is 31.0. The van der Waals surface area contributed by atoms with Crippen molar-refractivity contribution in [2.24, 2.45) is 0 Å². The number of hydrogen-bond donors (Lipinski definition) is 0. The Morgan fingerprint density at radius 1 is 0.617 bits per heavy atom. The van der Waals surface area contributed by atoms with Crippen LogP contribution < -0.4 is 0 Å². The van der Waals surface area contributed by atoms with Crippen molar-refractivity contribution in [3.8, 4) is 17.0 Å². The summed E-state index contributed by atoms with van der Waals surface area (Å²) in [6, 6.07) is 44.1. The van der Waals surface area contributed by atoms with Gasteiger partial charge < -0.3 is 10.4 Å². The number of nitrogens with zero attached hydrogens (tertiary/aromatic N) is 2. The van der Waals surface area contributed by atoms with Crippen molar-refractivity contribution >= 4 is 17.0 Å². The first kappa shape index (κ1) is 37.4. The maximum absolute atomic E-state index is 8.26. The molecule has 0 aliphatic carbocycles. The van der Waals surface area contributed by atoms with E-state index in [9.17, 15) is 0 Å². The summed E-state index contributed by atoms with van der Waals surface area (Å²) in [6.45, 7) is 16.3. The maximum atomic E-state index is 8.26. The second-order valence-electron chi connectivity index (χ2n) is 11.6. The molecule has 0 fully saturated rings. The van der Waals surface area contributed by atoms with Crippen LogP contribution in [0.1, 0.15) is 78.4 Å². The van der Waals surface area contributed by atoms with Crippen molar-refractivity contribution in [3.63, 3.8) is 0 Å². The van der Waals surface area contributed by atoms with E-state index in [4.69, 9.17) is 15.4 Å². The smallest absolute Gasteiger partial charge is 0.263 e. The molecule has 1 unspecified atom stereocenters. The Kier molecular flexibility index (Phi) is 15.1. The van der Waals surface area contributed by atoms with Gasteiger partial charge >= 0.3 is 0 Å². The number of thiazole rings is 1. The largest absolute Gasteiger partial charge is 0.672 e. The van der Waals surface area contributed by atoms with E-state index in [2.05, 4.69) is 84.0 Å². The van der Waals surface area contributed by atoms with Crippen molar-refractivity contribution in [1.82, 2.24) is 4.98 Å². The maximum Gasteiger partial charge on any atom is 0.263 e. The minimum atomic E-state index is -0.190. The van der Waals surface area contributed by atoms with Gasteiger partial charge in [-0.25, -0.2) is 4.98 Å². The fourth-order valence-corrected chi connectivity index (χ4v) is 5.78. The molecule has 5 heteroatoms. The van der Waals surface area contributed by atoms with E-state index in [0.717, 1.165) is 38.6 Å². The number of benzene rings is 5. The van der Waals surface area contributed by atoms with Gasteiger partial charge in [0.25, 0.3) is 5.75 Å². The molecule has 0 spiro atoms. The molecule has 2 N–H and O–H groups in total. The zero-order chi connectivity index (χ0) is 32.9. The minimum Gasteiger partial charge on any atom is -0.672 e. The van der Waals surface area contributed by atoms with Crippen LogP contribution in [0.3, 0.4) is 0 Å². The molecule has 0 bridgehead atoms. The molecule has 1 heterocycles. The van der Waals surface area contributed by atoms with E-state index in [1.165, 1.54) is 11.1 Å². The van der Waals surface area contributed by atoms with Crippen LogP contribution in [0.2, 0.25) is 0 Å². The average Bonchev–Trinajstić information content (AvgIpc) is 3.55. The first-order chi connectivity index (χ1) is 22.2. The number of aromatic nitrogens is 1. The number of rotatable bonds is 7. The van der Waals surface area contributed by atoms with Crippen LogP contribution in [0, 0.1) is 13.8 Å². The van der Waals surface area contributed by atoms with Crippen LogP contribution in [-0.4, -0.2) is 10.1 Å². The molecule has 0 aliphatic heterocycles. The second kappa shape index (κ2) is 18.9. The van der Waals surface area contributed by atoms with Gasteiger partial charge in [0.15, 0.2) is 0 Å². The molecule has 0 saturated carbocycles. The van der Waals surface area contributed by atoms with Gasteiger partial charge in [-0.1, -0.05) is 117 Å². The molecule has 1 atom stereocenters. The van der Waals surface area contributed by atoms with Crippen LogP contribution in [0.15, 0.2) is 139 Å². The SMILES string of the molecule is CC(C)c1cccc(C(C)C)c1[N-]C(c1ccccc1)c1nc(-c2ccccc2[OH2+])cs1.[CH2-]c1ccccc1.[CH2-]c1ccccc1.[Zr]. The Bertz CT molecular complexity index is 1690. The van der Waals surface area contributed by atoms with E-state index in [0.29, 0.717) is 17.6 Å². The van der Waals surface area contributed by atoms with Crippen molar-refractivity contribution in [2.75, 3.05) is 0 Å². The topological polar surface area (TPSA) is 49.9 Å². The predicted octanol–water partition coefficient (Wildman–Crippen LogP) is 12.0. The van der Waals surface area contributed by atoms with Crippen molar-refractivity contribution in [3.05, 3.63) is 191 Å². The Hall–Kier alpha value is -4.05. The van der Waals surface area contributed by atoms with Gasteiger partial charge in [0.2, 0.25) is 0 Å². The molecule has 1 aromatic heterocycles. The molecule has 0 saturated heterocycles. The van der Waals surface area contributed by atoms with Gasteiger partial charge in [-0.05, 0) is 23.9 Å². The van der Waals surface area contributed by atoms with E-state index in [-0.39, 0.29) is 32.2 Å². The Morgan fingerprint density at radius 2 is 1.09 bits per heavy atom. The fourth-order valence-electron chi connectivity index (χ4n) is 4.90. The van der Waals surface area contributed by atoms with E-state index >= 15 is 0 Å². The van der Waals surface area contributed by atoms with Crippen LogP contribution in [-0.2, 0) is 26.2 Å². The molecule has 0 amide bonds. The van der Waals surface area contributed by atoms with Crippen molar-refractivity contribution < 1.29 is 31.3 Å². The molecule has 6 aromatic rings. The molecule has 0 aliphatic rings. The quantitative estimate of drug-likeness (QED) is 0.120. The molecule has 5 aromatic carbocycles. The van der Waals surface area contributed by atoms with Gasteiger partial charge in [0, 0.05) is 37.6 Å². The summed E-state index contributed by atoms with van der Waals surface area (Å²) in [7, 11) is 0. The summed E-state index contributed by atoms with van der Waals surface area (Å²) in [5, 5.41) is 16.6. The van der Waals surface area contributed by atoms with Gasteiger partial charge in [-0.15, -0.1) is 41.3 Å². The Balaban J connectivity index is 0.000000329. The fraction of sp³-hybridized carbons (Fsp3) is 0.167. The summed E-state index contributed by atoms with van der Waals surface area (Å²) in [5.41, 5.74) is 8.59. The molecule has 47 heavy (non-hydrogen) atoms. The zero-order valence-electron chi connectivity index (χ0n) is 27.7. The summed E-state index contributed by atoms with van der Waals surface area (Å²) in [5.74, 6) is 1.25. The number of hydrogen-bond acceptors (Lipinski definition) is 2. The number of para-hydroxylation sites is 2. The third-order valence-electron chi connectivity index (χ3n) is 7.36. The Labute approximate surface area is 304 Å². The third-order valence-corrected chi connectivity index (χ3v) is 8.26. The monoisotopic (exact) mass is 714 g/mol. The normalized spacial score (nSPS) is 10.9. The molecular weight excluding hydrogens is 672 g/mol. The van der Waals surface area contributed by atoms with Crippen LogP contribution in [0.4, 0.5) is 5.69 Å². The molecular formula is C42H44N2OSZr-2. The van der Waals surface area contributed by atoms with Gasteiger partial charge in [0.1, 0.15) is 0 Å². The first-order valence-corrected chi connectivity index (χ1v) is 16.5. The van der Waals surface area contributed by atoms with Gasteiger partial charge in [-0.3, -0.25) is 0 Å². The van der Waals surface area contributed by atoms with E-state index in [1.807, 2.05) is 90.3 Å². The summed E-state index contributed by atoms with van der Waals surface area (Å²) < 4.78 is 0. The molecule has 3 nitrogen and oxygen atoms in total. The van der Waals surface area contributed by atoms with Crippen molar-refractivity contribution in [1.29, 1.82) is 0 Å². The predicted molar refractivity (Wildman–Crippen MR) is 198 cm³/mol. The minimum absolute atomic E-state index is 0. The van der Waals surface area contributed by atoms with E-state index in [1.54, 1.807) is 17.4 Å². The van der Waals surface area contributed by atoms with Crippen LogP contribution in [0.25, 0.3) is 16.6 Å². The standard InChI is InChI=1S/C28H29N2OS.2C7H7.Zr/c1-18(2)21-14-10-15-22(19(3)4)27(21)30-26(20-11-6-5-7-12-20)28-29-24(17-32-28)23-13-8-9-16-25(23)31;2*1-7-5-3-2-4-6-7;/h5-19,26,31H,1-4H3;2*2-6H,1H2;/q3*-1;/p+1. The summed E-state index contributed by atoms with van der Waals surface area (Å²) >= 11 is 1.62. The average molecular weight is 716 g/mol. The van der Waals surface area contributed by atoms with Gasteiger partial charge in [0.05, 0.1) is 16.3 Å². The van der Waals surface area contributed by atoms with Crippen molar-refractivity contribution in [2.45, 2.75) is 45.6 Å².